The number of carbonyl (C=O) groups excluding carboxylic acids is 1. The Morgan fingerprint density at radius 1 is 1.17 bits per heavy atom. The minimum atomic E-state index is 0.0652. The minimum Gasteiger partial charge on any atom is -0.497 e. The van der Waals surface area contributed by atoms with Crippen LogP contribution in [-0.4, -0.2) is 36.9 Å². The van der Waals surface area contributed by atoms with Gasteiger partial charge in [0.2, 0.25) is 0 Å². The number of Topliss-reactive ketones (excluding diaryl/α,β-unsaturated/α-hetero) is 1. The zero-order valence-electron chi connectivity index (χ0n) is 13.6. The largest absolute Gasteiger partial charge is 0.497 e. The van der Waals surface area contributed by atoms with E-state index in [0.29, 0.717) is 5.56 Å². The molecule has 2 aromatic carbocycles. The fourth-order valence-corrected chi connectivity index (χ4v) is 3.47. The minimum absolute atomic E-state index is 0.0652. The third-order valence-electron chi connectivity index (χ3n) is 3.79. The molecule has 0 radical (unpaired) electrons. The van der Waals surface area contributed by atoms with Gasteiger partial charge >= 0.3 is 0 Å². The number of thioether (sulfide) groups is 1. The fraction of sp³-hybridized carbons (Fsp3) is 0.263. The van der Waals surface area contributed by atoms with Crippen molar-refractivity contribution >= 4 is 28.4 Å². The maximum Gasteiger partial charge on any atom is 0.182 e. The molecular weight excluding hydrogens is 320 g/mol. The van der Waals surface area contributed by atoms with Gasteiger partial charge in [-0.25, -0.2) is 0 Å². The van der Waals surface area contributed by atoms with Crippen LogP contribution in [0.25, 0.3) is 0 Å². The first-order chi connectivity index (χ1) is 11.8. The number of anilines is 1. The van der Waals surface area contributed by atoms with Crippen LogP contribution in [0.3, 0.4) is 0 Å². The molecule has 24 heavy (non-hydrogen) atoms. The number of nitrogens with zero attached hydrogens (tertiary/aromatic N) is 2. The van der Waals surface area contributed by atoms with Crippen molar-refractivity contribution in [1.82, 2.24) is 0 Å². The number of rotatable bonds is 5. The van der Waals surface area contributed by atoms with Gasteiger partial charge in [-0.05, 0) is 42.8 Å². The highest BCUT2D eigenvalue weighted by atomic mass is 32.2. The number of carbonyl (C=O) groups is 1. The van der Waals surface area contributed by atoms with Gasteiger partial charge in [0.05, 0.1) is 13.7 Å². The normalized spacial score (nSPS) is 14.0. The predicted octanol–water partition coefficient (Wildman–Crippen LogP) is 3.88. The van der Waals surface area contributed by atoms with Gasteiger partial charge in [0, 0.05) is 23.5 Å². The first-order valence-corrected chi connectivity index (χ1v) is 8.93. The van der Waals surface area contributed by atoms with E-state index in [1.54, 1.807) is 31.0 Å². The smallest absolute Gasteiger partial charge is 0.182 e. The van der Waals surface area contributed by atoms with Gasteiger partial charge in [0.25, 0.3) is 0 Å². The highest BCUT2D eigenvalue weighted by molar-refractivity contribution is 8.14. The average molecular weight is 340 g/mol. The van der Waals surface area contributed by atoms with Crippen LogP contribution in [0.4, 0.5) is 5.69 Å². The second kappa shape index (κ2) is 8.02. The van der Waals surface area contributed by atoms with Crippen molar-refractivity contribution in [1.29, 1.82) is 0 Å². The third kappa shape index (κ3) is 3.97. The Morgan fingerprint density at radius 2 is 1.92 bits per heavy atom. The second-order valence-corrected chi connectivity index (χ2v) is 6.50. The number of benzene rings is 2. The van der Waals surface area contributed by atoms with Crippen molar-refractivity contribution in [2.24, 2.45) is 4.99 Å². The lowest BCUT2D eigenvalue weighted by atomic mass is 10.1. The standard InChI is InChI=1S/C19H20N2O2S/c1-23-17-10-8-15(9-11-17)18(22)14-21(16-6-3-2-4-7-16)19-20-12-5-13-24-19/h2-4,6-11H,5,12-14H2,1H3. The molecule has 1 aliphatic rings. The Labute approximate surface area is 146 Å². The summed E-state index contributed by atoms with van der Waals surface area (Å²) in [5.74, 6) is 1.85. The molecule has 2 aromatic rings. The van der Waals surface area contributed by atoms with E-state index in [4.69, 9.17) is 4.74 Å². The van der Waals surface area contributed by atoms with Gasteiger partial charge in [-0.2, -0.15) is 0 Å². The van der Waals surface area contributed by atoms with E-state index in [1.165, 1.54) is 0 Å². The summed E-state index contributed by atoms with van der Waals surface area (Å²) in [4.78, 5) is 19.3. The lowest BCUT2D eigenvalue weighted by Gasteiger charge is -2.27. The second-order valence-electron chi connectivity index (χ2n) is 5.44. The van der Waals surface area contributed by atoms with Gasteiger partial charge in [-0.1, -0.05) is 30.0 Å². The molecule has 0 unspecified atom stereocenters. The molecule has 0 fully saturated rings. The van der Waals surface area contributed by atoms with Crippen molar-refractivity contribution < 1.29 is 9.53 Å². The monoisotopic (exact) mass is 340 g/mol. The highest BCUT2D eigenvalue weighted by Crippen LogP contribution is 2.23. The van der Waals surface area contributed by atoms with E-state index in [-0.39, 0.29) is 12.3 Å². The molecule has 5 heteroatoms. The summed E-state index contributed by atoms with van der Waals surface area (Å²) in [6.07, 6.45) is 1.09. The van der Waals surface area contributed by atoms with Crippen LogP contribution in [0.2, 0.25) is 0 Å². The zero-order valence-corrected chi connectivity index (χ0v) is 14.5. The molecule has 0 aliphatic carbocycles. The van der Waals surface area contributed by atoms with Crippen LogP contribution in [0.5, 0.6) is 5.75 Å². The molecule has 0 bridgehead atoms. The summed E-state index contributed by atoms with van der Waals surface area (Å²) in [5.41, 5.74) is 1.67. The molecule has 1 heterocycles. The van der Waals surface area contributed by atoms with E-state index in [9.17, 15) is 4.79 Å². The Hall–Kier alpha value is -2.27. The van der Waals surface area contributed by atoms with E-state index < -0.39 is 0 Å². The zero-order chi connectivity index (χ0) is 16.8. The summed E-state index contributed by atoms with van der Waals surface area (Å²) in [6.45, 7) is 1.10. The molecule has 0 atom stereocenters. The number of aliphatic imine (C=N–C) groups is 1. The molecule has 0 amide bonds. The Bertz CT molecular complexity index is 714. The summed E-state index contributed by atoms with van der Waals surface area (Å²) < 4.78 is 5.15. The molecule has 0 aromatic heterocycles. The van der Waals surface area contributed by atoms with Crippen LogP contribution >= 0.6 is 11.8 Å². The summed E-state index contributed by atoms with van der Waals surface area (Å²) in [6, 6.07) is 17.2. The molecular formula is C19H20N2O2S. The van der Waals surface area contributed by atoms with Crippen LogP contribution < -0.4 is 9.64 Å². The maximum atomic E-state index is 12.7. The molecule has 4 nitrogen and oxygen atoms in total. The number of amidine groups is 1. The molecule has 0 N–H and O–H groups in total. The van der Waals surface area contributed by atoms with E-state index in [1.807, 2.05) is 47.4 Å². The van der Waals surface area contributed by atoms with Gasteiger partial charge in [0.15, 0.2) is 11.0 Å². The quantitative estimate of drug-likeness (QED) is 0.775. The highest BCUT2D eigenvalue weighted by Gasteiger charge is 2.20. The van der Waals surface area contributed by atoms with Gasteiger partial charge in [0.1, 0.15) is 5.75 Å². The summed E-state index contributed by atoms with van der Waals surface area (Å²) >= 11 is 1.71. The van der Waals surface area contributed by atoms with Crippen molar-refractivity contribution in [3.8, 4) is 5.75 Å². The Kier molecular flexibility index (Phi) is 5.54. The van der Waals surface area contributed by atoms with E-state index in [0.717, 1.165) is 35.3 Å². The summed E-state index contributed by atoms with van der Waals surface area (Å²) in [7, 11) is 1.62. The van der Waals surface area contributed by atoms with Crippen LogP contribution in [0.1, 0.15) is 16.8 Å². The number of hydrogen-bond donors (Lipinski definition) is 0. The third-order valence-corrected chi connectivity index (χ3v) is 4.89. The molecule has 0 saturated carbocycles. The fourth-order valence-electron chi connectivity index (χ4n) is 2.50. The molecule has 3 rings (SSSR count). The van der Waals surface area contributed by atoms with Crippen molar-refractivity contribution in [3.05, 3.63) is 60.2 Å². The molecule has 0 spiro atoms. The van der Waals surface area contributed by atoms with Crippen molar-refractivity contribution in [3.63, 3.8) is 0 Å². The lowest BCUT2D eigenvalue weighted by molar-refractivity contribution is 0.100. The predicted molar refractivity (Wildman–Crippen MR) is 100 cm³/mol. The SMILES string of the molecule is COc1ccc(C(=O)CN(C2=NCCCS2)c2ccccc2)cc1. The van der Waals surface area contributed by atoms with Crippen LogP contribution in [0.15, 0.2) is 59.6 Å². The Morgan fingerprint density at radius 3 is 2.54 bits per heavy atom. The maximum absolute atomic E-state index is 12.7. The topological polar surface area (TPSA) is 41.9 Å². The van der Waals surface area contributed by atoms with E-state index in [2.05, 4.69) is 4.99 Å². The van der Waals surface area contributed by atoms with Gasteiger partial charge in [-0.3, -0.25) is 9.79 Å². The lowest BCUT2D eigenvalue weighted by Crippen LogP contribution is -2.35. The average Bonchev–Trinajstić information content (AvgIpc) is 2.67. The molecule has 124 valence electrons. The number of ether oxygens (including phenoxy) is 1. The number of para-hydroxylation sites is 1. The van der Waals surface area contributed by atoms with Crippen LogP contribution in [-0.2, 0) is 0 Å². The number of ketones is 1. The first-order valence-electron chi connectivity index (χ1n) is 7.95. The van der Waals surface area contributed by atoms with Crippen molar-refractivity contribution in [2.75, 3.05) is 30.9 Å². The number of hydrogen-bond acceptors (Lipinski definition) is 5. The molecule has 1 aliphatic heterocycles. The van der Waals surface area contributed by atoms with Crippen LogP contribution in [0, 0.1) is 0 Å². The van der Waals surface area contributed by atoms with E-state index >= 15 is 0 Å². The van der Waals surface area contributed by atoms with Gasteiger partial charge < -0.3 is 9.64 Å². The van der Waals surface area contributed by atoms with Gasteiger partial charge in [-0.15, -0.1) is 0 Å². The number of methoxy groups -OCH3 is 1. The Balaban J connectivity index is 1.83. The first kappa shape index (κ1) is 16.6. The van der Waals surface area contributed by atoms with Crippen molar-refractivity contribution in [2.45, 2.75) is 6.42 Å². The molecule has 0 saturated heterocycles. The summed E-state index contributed by atoms with van der Waals surface area (Å²) in [5, 5.41) is 0.925.